The number of carboxylic acid groups (broad SMARTS) is 3. The van der Waals surface area contributed by atoms with Gasteiger partial charge in [0, 0.05) is 31.4 Å². The van der Waals surface area contributed by atoms with Crippen molar-refractivity contribution in [2.24, 2.45) is 5.73 Å². The lowest BCUT2D eigenvalue weighted by molar-refractivity contribution is -0.127. The molecule has 5 aromatic rings. The van der Waals surface area contributed by atoms with Gasteiger partial charge in [-0.25, -0.2) is 40.0 Å². The Labute approximate surface area is 650 Å². The average molecular weight is 1680 g/mol. The number of carboxylic acids is 3. The second-order valence-electron chi connectivity index (χ2n) is 26.0. The van der Waals surface area contributed by atoms with Crippen molar-refractivity contribution >= 4 is 135 Å². The van der Waals surface area contributed by atoms with Gasteiger partial charge in [0.25, 0.3) is 0 Å². The van der Waals surface area contributed by atoms with Gasteiger partial charge in [0.15, 0.2) is 4.34 Å². The zero-order chi connectivity index (χ0) is 81.4. The molecule has 2 aromatic heterocycles. The number of aromatic nitrogens is 5. The molecule has 602 valence electrons. The van der Waals surface area contributed by atoms with Gasteiger partial charge in [-0.2, -0.15) is 40.4 Å². The summed E-state index contributed by atoms with van der Waals surface area (Å²) < 4.78 is 120. The fraction of sp³-hybridized carbons (Fsp3) is 0.466. The Morgan fingerprint density at radius 3 is 1.46 bits per heavy atom. The number of hydroxylamine groups is 6. The molecule has 15 rings (SSSR count). The third kappa shape index (κ3) is 21.1. The summed E-state index contributed by atoms with van der Waals surface area (Å²) in [5.74, 6) is 2.32. The number of para-hydroxylation sites is 3. The van der Waals surface area contributed by atoms with Gasteiger partial charge in [0.1, 0.15) is 41.2 Å². The van der Waals surface area contributed by atoms with Gasteiger partial charge in [0.05, 0.1) is 51.7 Å². The topological polar surface area (TPSA) is 633 Å². The monoisotopic (exact) mass is 1680 g/mol. The summed E-state index contributed by atoms with van der Waals surface area (Å²) in [7, 11) is -17.4. The lowest BCUT2D eigenvalue weighted by Crippen LogP contribution is -2.53. The lowest BCUT2D eigenvalue weighted by atomic mass is 9.68. The number of hydrogen-bond donors (Lipinski definition) is 13. The van der Waals surface area contributed by atoms with Crippen LogP contribution in [0.2, 0.25) is 5.82 Å². The predicted molar refractivity (Wildman–Crippen MR) is 386 cm³/mol. The van der Waals surface area contributed by atoms with Crippen LogP contribution in [0.4, 0.5) is 14.4 Å². The van der Waals surface area contributed by atoms with Crippen molar-refractivity contribution in [2.45, 2.75) is 146 Å². The van der Waals surface area contributed by atoms with E-state index in [4.69, 9.17) is 61.1 Å². The molecule has 15 N–H and O–H groups in total. The smallest absolute Gasteiger partial charge is 0.535 e. The first-order chi connectivity index (χ1) is 52.9. The van der Waals surface area contributed by atoms with E-state index in [2.05, 4.69) is 48.7 Å². The van der Waals surface area contributed by atoms with E-state index in [-0.39, 0.29) is 75.9 Å². The second kappa shape index (κ2) is 36.1. The zero-order valence-corrected chi connectivity index (χ0v) is 63.2. The Morgan fingerprint density at radius 1 is 0.607 bits per heavy atom. The standard InChI is InChI=1S/C12H20N4O6S.C11H11BN4O4S.C11H9BN2O4S2.C10H11BO4.C7H11N3O6S.C7H9N3O5S/c17-11(14-8-3-5-13-6-4-8)10-2-1-9-7-15(10)12(18)16(9)22-23(19,20)21;13-16-5-14-15-11(16)21-8-4-6-2-1-3-7(10(17)18)9(6)20-12(8)19;15-10(16)7-3-1-2-6-4-8(12(17)18-9(6)7)20-11-14-13-5-19-11;1-6-5-7-3-2-4-8(10(12)13)9(7)15-11(6)14;8-6(11)5-2-1-4-3-9(5)7(12)10(4)16-17(13,14)15;1-8-6-3-2-5-4-9(6)7(11)10(5)15-16(12,13)14/h8-10,13H,1-7H2,(H,14,17)(H,19,20,21);1-3,5,8,19H,4,13H2,(H,17,18);1-3,5,8,17H,4H2,(H,15,16);2-4,6,14H,5H2,1H3,(H,12,13);4-5H,1-3H2,(H2,8,11)(H,13,14,15);5-6H,2-4H2,(H,12,13,14)/t;2*8-;6-;;/m.000../s1. The minimum atomic E-state index is -4.77. The maximum atomic E-state index is 12.4. The average Bonchev–Trinajstić information content (AvgIpc) is 1.63. The number of carbonyl (C=O) groups excluding carboxylic acids is 5. The van der Waals surface area contributed by atoms with Crippen molar-refractivity contribution in [3.8, 4) is 17.2 Å². The molecule has 6 unspecified atom stereocenters. The van der Waals surface area contributed by atoms with E-state index in [1.165, 1.54) is 73.9 Å². The summed E-state index contributed by atoms with van der Waals surface area (Å²) in [6, 6.07) is 9.91. The number of hydrogen-bond acceptors (Lipinski definition) is 32. The lowest BCUT2D eigenvalue weighted by Gasteiger charge is -2.32. The van der Waals surface area contributed by atoms with Gasteiger partial charge < -0.3 is 76.4 Å². The van der Waals surface area contributed by atoms with Crippen LogP contribution in [0.25, 0.3) is 4.85 Å². The van der Waals surface area contributed by atoms with E-state index >= 15 is 0 Å². The highest BCUT2D eigenvalue weighted by molar-refractivity contribution is 8.02. The molecule has 10 aliphatic heterocycles. The number of benzene rings is 3. The normalized spacial score (nSPS) is 23.4. The van der Waals surface area contributed by atoms with Crippen LogP contribution >= 0.6 is 34.9 Å². The number of nitrogens with zero attached hydrogens (tertiary/aromatic N) is 12. The molecule has 0 aliphatic carbocycles. The number of amides is 8. The van der Waals surface area contributed by atoms with Crippen LogP contribution in [0, 0.1) is 6.57 Å². The Balaban J connectivity index is 0.000000143. The Morgan fingerprint density at radius 2 is 1.04 bits per heavy atom. The Bertz CT molecular complexity index is 4750. The molecule has 0 saturated carbocycles. The molecule has 10 aliphatic rings. The van der Waals surface area contributed by atoms with Crippen LogP contribution in [-0.2, 0) is 72.9 Å². The molecule has 9 atom stereocenters. The van der Waals surface area contributed by atoms with E-state index in [0.29, 0.717) is 83.9 Å². The maximum Gasteiger partial charge on any atom is 0.537 e. The van der Waals surface area contributed by atoms with Crippen molar-refractivity contribution in [3.05, 3.63) is 111 Å². The van der Waals surface area contributed by atoms with Crippen LogP contribution in [-0.4, -0.2) is 279 Å². The van der Waals surface area contributed by atoms with Crippen LogP contribution in [0.3, 0.4) is 0 Å². The first kappa shape index (κ1) is 85.0. The molecular formula is C58H71B3N16O29S6. The fourth-order valence-electron chi connectivity index (χ4n) is 13.3. The van der Waals surface area contributed by atoms with Crippen LogP contribution in [0.15, 0.2) is 75.9 Å². The third-order valence-corrected chi connectivity index (χ3v) is 22.8. The highest BCUT2D eigenvalue weighted by Crippen LogP contribution is 2.40. The molecule has 0 spiro atoms. The molecule has 45 nitrogen and oxygen atoms in total. The molecule has 7 fully saturated rings. The van der Waals surface area contributed by atoms with Crippen molar-refractivity contribution in [1.82, 2.24) is 65.6 Å². The van der Waals surface area contributed by atoms with E-state index in [1.54, 1.807) is 35.8 Å². The fourth-order valence-corrected chi connectivity index (χ4v) is 17.2. The number of aromatic carboxylic acids is 3. The van der Waals surface area contributed by atoms with Crippen molar-refractivity contribution in [1.29, 1.82) is 0 Å². The highest BCUT2D eigenvalue weighted by atomic mass is 32.3. The Kier molecular flexibility index (Phi) is 27.4. The highest BCUT2D eigenvalue weighted by Gasteiger charge is 2.53. The van der Waals surface area contributed by atoms with Gasteiger partial charge in [-0.15, -0.1) is 33.2 Å². The number of nitrogen functional groups attached to an aromatic ring is 1. The first-order valence-electron chi connectivity index (χ1n) is 33.7. The summed E-state index contributed by atoms with van der Waals surface area (Å²) in [6.07, 6.45) is 6.60. The second-order valence-corrected chi connectivity index (χ2v) is 32.5. The summed E-state index contributed by atoms with van der Waals surface area (Å²) in [6.45, 7) is 11.1. The quantitative estimate of drug-likeness (QED) is 0.0257. The molecule has 12 heterocycles. The molecule has 7 saturated heterocycles. The number of carbonyl (C=O) groups is 8. The van der Waals surface area contributed by atoms with E-state index in [0.717, 1.165) is 51.9 Å². The van der Waals surface area contributed by atoms with Crippen LogP contribution in [0.1, 0.15) is 106 Å². The predicted octanol–water partition coefficient (Wildman–Crippen LogP) is -0.454. The molecule has 3 aromatic carbocycles. The largest absolute Gasteiger partial charge is 0.537 e. The minimum absolute atomic E-state index is 0.0125. The number of nitrogens with two attached hydrogens (primary N) is 2. The molecule has 112 heavy (non-hydrogen) atoms. The SMILES string of the molecule is C[C@H]1Cc2cccc(C(=O)O)c2OB1O.NC(=O)C1CCC2CN1C(=O)N2OS(=O)(=O)O.Nn1cnnc1S[C@H]1Cc2cccc(C(=O)O)c2OB1O.O=C(NC1CCNCC1)C1CCC2CN1C(=O)N2OS(=O)(=O)O.O=C(O)c1cccc2c1OB(O)[C@@H](Sc1nncs1)C2.[C-]#[N+]C1CCC2CN1C(=O)N2OS(=O)(=O)O. The number of primary amides is 1. The molecule has 54 heteroatoms. The number of urea groups is 3. The summed E-state index contributed by atoms with van der Waals surface area (Å²) in [4.78, 5) is 99.3. The van der Waals surface area contributed by atoms with Gasteiger partial charge in [-0.05, 0) is 112 Å². The van der Waals surface area contributed by atoms with Crippen molar-refractivity contribution in [3.63, 3.8) is 0 Å². The summed E-state index contributed by atoms with van der Waals surface area (Å²) >= 11 is 3.99. The number of nitrogens with one attached hydrogen (secondary N) is 2. The van der Waals surface area contributed by atoms with Gasteiger partial charge >= 0.3 is 94.7 Å². The molecule has 6 bridgehead atoms. The van der Waals surface area contributed by atoms with Gasteiger partial charge in [-0.3, -0.25) is 33.0 Å². The number of rotatable bonds is 16. The molecule has 0 radical (unpaired) electrons. The third-order valence-electron chi connectivity index (χ3n) is 18.5. The van der Waals surface area contributed by atoms with E-state index in [1.807, 2.05) is 13.0 Å². The van der Waals surface area contributed by atoms with Gasteiger partial charge in [-0.1, -0.05) is 78.2 Å². The Hall–Kier alpha value is -9.45. The molecule has 8 amide bonds. The van der Waals surface area contributed by atoms with Crippen molar-refractivity contribution in [2.75, 3.05) is 38.6 Å². The van der Waals surface area contributed by atoms with Gasteiger partial charge in [0.2, 0.25) is 17.0 Å². The van der Waals surface area contributed by atoms with Crippen LogP contribution in [0.5, 0.6) is 17.2 Å². The number of piperidine rings is 4. The first-order valence-corrected chi connectivity index (χ1v) is 40.4. The molecular weight excluding hydrogens is 1610 g/mol. The zero-order valence-electron chi connectivity index (χ0n) is 58.3. The van der Waals surface area contributed by atoms with Crippen LogP contribution < -0.4 is 36.2 Å². The summed E-state index contributed by atoms with van der Waals surface area (Å²) in [5, 5.41) is 79.8. The van der Waals surface area contributed by atoms with Crippen molar-refractivity contribution < 1.29 is 134 Å². The number of thioether (sulfide) groups is 2. The minimum Gasteiger partial charge on any atom is -0.535 e. The maximum absolute atomic E-state index is 12.4. The number of fused-ring (bicyclic) bond motifs is 9. The summed E-state index contributed by atoms with van der Waals surface area (Å²) in [5.41, 5.74) is 9.30. The van der Waals surface area contributed by atoms with E-state index < -0.39 is 131 Å². The van der Waals surface area contributed by atoms with E-state index in [9.17, 15) is 78.7 Å².